The van der Waals surface area contributed by atoms with Crippen LogP contribution in [0, 0.1) is 5.41 Å². The van der Waals surface area contributed by atoms with Gasteiger partial charge in [-0.1, -0.05) is 30.3 Å². The molecule has 1 N–H and O–H groups in total. The number of hydrogen-bond donors (Lipinski definition) is 1. The van der Waals surface area contributed by atoms with E-state index in [4.69, 9.17) is 10.1 Å². The highest BCUT2D eigenvalue weighted by atomic mass is 19.1. The van der Waals surface area contributed by atoms with Crippen molar-refractivity contribution in [2.24, 2.45) is 0 Å². The summed E-state index contributed by atoms with van der Waals surface area (Å²) in [6, 6.07) is 9.35. The van der Waals surface area contributed by atoms with E-state index in [0.717, 1.165) is 5.56 Å². The Labute approximate surface area is 105 Å². The quantitative estimate of drug-likeness (QED) is 0.876. The van der Waals surface area contributed by atoms with Gasteiger partial charge in [0.1, 0.15) is 12.8 Å². The second-order valence-electron chi connectivity index (χ2n) is 4.24. The minimum atomic E-state index is -1.22. The van der Waals surface area contributed by atoms with Gasteiger partial charge in [0, 0.05) is 13.0 Å². The van der Waals surface area contributed by atoms with Gasteiger partial charge in [0.15, 0.2) is 0 Å². The number of rotatable bonds is 2. The van der Waals surface area contributed by atoms with Crippen molar-refractivity contribution in [3.8, 4) is 0 Å². The zero-order valence-corrected chi connectivity index (χ0v) is 9.93. The van der Waals surface area contributed by atoms with Crippen LogP contribution in [0.1, 0.15) is 12.0 Å². The van der Waals surface area contributed by atoms with E-state index in [1.807, 2.05) is 30.3 Å². The van der Waals surface area contributed by atoms with Crippen LogP contribution in [0.25, 0.3) is 0 Å². The Balaban J connectivity index is 1.83. The van der Waals surface area contributed by atoms with Crippen molar-refractivity contribution < 1.29 is 13.9 Å². The molecule has 0 saturated carbocycles. The van der Waals surface area contributed by atoms with Gasteiger partial charge in [-0.05, 0) is 5.56 Å². The molecule has 0 aromatic heterocycles. The molecule has 0 spiro atoms. The molecule has 1 aliphatic heterocycles. The van der Waals surface area contributed by atoms with Crippen molar-refractivity contribution in [2.75, 3.05) is 13.1 Å². The Hall–Kier alpha value is -1.91. The fourth-order valence-corrected chi connectivity index (χ4v) is 1.79. The lowest BCUT2D eigenvalue weighted by Gasteiger charge is -2.28. The molecule has 0 aliphatic carbocycles. The second kappa shape index (κ2) is 5.62. The highest BCUT2D eigenvalue weighted by Crippen LogP contribution is 2.12. The number of hydrogen-bond acceptors (Lipinski definition) is 3. The van der Waals surface area contributed by atoms with Crippen LogP contribution in [-0.4, -0.2) is 36.0 Å². The number of carbonyl (C=O) groups excluding carboxylic acids is 1. The first-order chi connectivity index (χ1) is 8.66. The number of amides is 1. The summed E-state index contributed by atoms with van der Waals surface area (Å²) in [6.07, 6.45) is -1.53. The van der Waals surface area contributed by atoms with Crippen molar-refractivity contribution in [3.05, 3.63) is 35.9 Å². The number of nitrogens with one attached hydrogen (secondary N) is 1. The van der Waals surface area contributed by atoms with Gasteiger partial charge in [0.2, 0.25) is 0 Å². The molecule has 1 unspecified atom stereocenters. The normalized spacial score (nSPS) is 19.7. The average Bonchev–Trinajstić information content (AvgIpc) is 2.40. The number of halogens is 1. The second-order valence-corrected chi connectivity index (χ2v) is 4.24. The molecule has 96 valence electrons. The van der Waals surface area contributed by atoms with Crippen molar-refractivity contribution in [3.63, 3.8) is 0 Å². The van der Waals surface area contributed by atoms with Crippen LogP contribution in [0.2, 0.25) is 0 Å². The lowest BCUT2D eigenvalue weighted by molar-refractivity contribution is 0.0952. The van der Waals surface area contributed by atoms with E-state index in [0.29, 0.717) is 6.54 Å². The van der Waals surface area contributed by atoms with E-state index in [1.54, 1.807) is 0 Å². The number of likely N-dealkylation sites (tertiary alicyclic amines) is 1. The van der Waals surface area contributed by atoms with Crippen molar-refractivity contribution >= 4 is 11.8 Å². The SMILES string of the molecule is N=C1CN(C(=O)OCc2ccccc2)CCC1F. The topological polar surface area (TPSA) is 53.4 Å². The van der Waals surface area contributed by atoms with E-state index in [-0.39, 0.29) is 25.3 Å². The van der Waals surface area contributed by atoms with Crippen molar-refractivity contribution in [2.45, 2.75) is 19.2 Å². The zero-order valence-electron chi connectivity index (χ0n) is 9.93. The smallest absolute Gasteiger partial charge is 0.410 e. The molecule has 1 atom stereocenters. The summed E-state index contributed by atoms with van der Waals surface area (Å²) < 4.78 is 18.2. The highest BCUT2D eigenvalue weighted by molar-refractivity contribution is 5.90. The number of alkyl halides is 1. The predicted molar refractivity (Wildman–Crippen MR) is 65.4 cm³/mol. The third-order valence-corrected chi connectivity index (χ3v) is 2.86. The Morgan fingerprint density at radius 3 is 2.83 bits per heavy atom. The minimum absolute atomic E-state index is 0.0226. The predicted octanol–water partition coefficient (Wildman–Crippen LogP) is 2.39. The standard InChI is InChI=1S/C13H15FN2O2/c14-11-6-7-16(8-12(11)15)13(17)18-9-10-4-2-1-3-5-10/h1-5,11,15H,6-9H2. The Bertz CT molecular complexity index is 436. The van der Waals surface area contributed by atoms with Crippen LogP contribution in [-0.2, 0) is 11.3 Å². The molecule has 2 rings (SSSR count). The monoisotopic (exact) mass is 250 g/mol. The van der Waals surface area contributed by atoms with Gasteiger partial charge in [0.25, 0.3) is 0 Å². The van der Waals surface area contributed by atoms with Gasteiger partial charge >= 0.3 is 6.09 Å². The fourth-order valence-electron chi connectivity index (χ4n) is 1.79. The third-order valence-electron chi connectivity index (χ3n) is 2.86. The van der Waals surface area contributed by atoms with Crippen LogP contribution in [0.3, 0.4) is 0 Å². The van der Waals surface area contributed by atoms with Gasteiger partial charge < -0.3 is 15.0 Å². The molecule has 1 fully saturated rings. The van der Waals surface area contributed by atoms with Crippen molar-refractivity contribution in [1.29, 1.82) is 5.41 Å². The summed E-state index contributed by atoms with van der Waals surface area (Å²) in [5.74, 6) is 0. The van der Waals surface area contributed by atoms with Crippen LogP contribution in [0.4, 0.5) is 9.18 Å². The fraction of sp³-hybridized carbons (Fsp3) is 0.385. The van der Waals surface area contributed by atoms with E-state index in [2.05, 4.69) is 0 Å². The molecule has 18 heavy (non-hydrogen) atoms. The molecule has 1 aromatic carbocycles. The first-order valence-electron chi connectivity index (χ1n) is 5.84. The van der Waals surface area contributed by atoms with Gasteiger partial charge in [-0.25, -0.2) is 9.18 Å². The summed E-state index contributed by atoms with van der Waals surface area (Å²) in [5.41, 5.74) is 0.846. The number of nitrogens with zero attached hydrogens (tertiary/aromatic N) is 1. The number of ether oxygens (including phenoxy) is 1. The number of benzene rings is 1. The first kappa shape index (κ1) is 12.5. The molecular formula is C13H15FN2O2. The molecule has 0 radical (unpaired) electrons. The van der Waals surface area contributed by atoms with E-state index >= 15 is 0 Å². The molecule has 4 nitrogen and oxygen atoms in total. The molecule has 1 aliphatic rings. The summed E-state index contributed by atoms with van der Waals surface area (Å²) in [7, 11) is 0. The van der Waals surface area contributed by atoms with Crippen molar-refractivity contribution in [1.82, 2.24) is 4.90 Å². The van der Waals surface area contributed by atoms with Gasteiger partial charge in [0.05, 0.1) is 12.3 Å². The molecule has 1 heterocycles. The molecule has 1 amide bonds. The summed E-state index contributed by atoms with van der Waals surface area (Å²) in [5, 5.41) is 7.39. The molecular weight excluding hydrogens is 235 g/mol. The van der Waals surface area contributed by atoms with Crippen LogP contribution < -0.4 is 0 Å². The summed E-state index contributed by atoms with van der Waals surface area (Å²) in [6.45, 7) is 0.522. The minimum Gasteiger partial charge on any atom is -0.445 e. The number of piperidine rings is 1. The average molecular weight is 250 g/mol. The van der Waals surface area contributed by atoms with E-state index in [1.165, 1.54) is 4.90 Å². The Kier molecular flexibility index (Phi) is 3.92. The molecule has 1 saturated heterocycles. The largest absolute Gasteiger partial charge is 0.445 e. The van der Waals surface area contributed by atoms with Gasteiger partial charge in [-0.2, -0.15) is 0 Å². The van der Waals surface area contributed by atoms with Crippen LogP contribution in [0.15, 0.2) is 30.3 Å². The van der Waals surface area contributed by atoms with E-state index in [9.17, 15) is 9.18 Å². The third kappa shape index (κ3) is 3.06. The number of carbonyl (C=O) groups is 1. The van der Waals surface area contributed by atoms with E-state index < -0.39 is 12.3 Å². The lowest BCUT2D eigenvalue weighted by atomic mass is 10.1. The first-order valence-corrected chi connectivity index (χ1v) is 5.84. The Morgan fingerprint density at radius 1 is 1.44 bits per heavy atom. The van der Waals surface area contributed by atoms with Crippen LogP contribution in [0.5, 0.6) is 0 Å². The highest BCUT2D eigenvalue weighted by Gasteiger charge is 2.27. The Morgan fingerprint density at radius 2 is 2.17 bits per heavy atom. The zero-order chi connectivity index (χ0) is 13.0. The van der Waals surface area contributed by atoms with Gasteiger partial charge in [-0.3, -0.25) is 0 Å². The maximum Gasteiger partial charge on any atom is 0.410 e. The summed E-state index contributed by atoms with van der Waals surface area (Å²) >= 11 is 0. The van der Waals surface area contributed by atoms with Crippen LogP contribution >= 0.6 is 0 Å². The molecule has 5 heteroatoms. The molecule has 0 bridgehead atoms. The maximum absolute atomic E-state index is 13.1. The lowest BCUT2D eigenvalue weighted by Crippen LogP contribution is -2.44. The molecule has 1 aromatic rings. The summed E-state index contributed by atoms with van der Waals surface area (Å²) in [4.78, 5) is 13.1. The maximum atomic E-state index is 13.1. The van der Waals surface area contributed by atoms with Gasteiger partial charge in [-0.15, -0.1) is 0 Å².